The van der Waals surface area contributed by atoms with E-state index in [1.54, 1.807) is 12.4 Å². The van der Waals surface area contributed by atoms with Crippen LogP contribution in [0.15, 0.2) is 22.9 Å². The molecule has 0 saturated carbocycles. The molecule has 2 nitrogen and oxygen atoms in total. The van der Waals surface area contributed by atoms with E-state index in [0.717, 1.165) is 22.9 Å². The number of aliphatic hydroxyl groups is 1. The quantitative estimate of drug-likeness (QED) is 0.583. The Balaban J connectivity index is 2.06. The fourth-order valence-electron chi connectivity index (χ4n) is 2.25. The van der Waals surface area contributed by atoms with Crippen LogP contribution in [0.3, 0.4) is 0 Å². The molecule has 0 spiro atoms. The van der Waals surface area contributed by atoms with Gasteiger partial charge in [-0.25, -0.2) is 0 Å². The van der Waals surface area contributed by atoms with Gasteiger partial charge in [-0.1, -0.05) is 58.3 Å². The first-order chi connectivity index (χ1) is 9.24. The van der Waals surface area contributed by atoms with Gasteiger partial charge in [0.05, 0.1) is 6.10 Å². The number of halogens is 1. The zero-order valence-corrected chi connectivity index (χ0v) is 13.5. The van der Waals surface area contributed by atoms with Crippen molar-refractivity contribution in [2.75, 3.05) is 0 Å². The first-order valence-electron chi connectivity index (χ1n) is 7.52. The van der Waals surface area contributed by atoms with Crippen LogP contribution in [0.1, 0.15) is 76.4 Å². The summed E-state index contributed by atoms with van der Waals surface area (Å²) in [7, 11) is 0. The van der Waals surface area contributed by atoms with Gasteiger partial charge < -0.3 is 5.11 Å². The van der Waals surface area contributed by atoms with Gasteiger partial charge in [0.25, 0.3) is 0 Å². The molecule has 0 bridgehead atoms. The number of hydrogen-bond donors (Lipinski definition) is 1. The maximum atomic E-state index is 10.1. The monoisotopic (exact) mass is 327 g/mol. The molecule has 1 aromatic heterocycles. The predicted molar refractivity (Wildman–Crippen MR) is 84.1 cm³/mol. The molecule has 0 fully saturated rings. The number of aliphatic hydroxyl groups excluding tert-OH is 1. The number of aromatic nitrogens is 1. The van der Waals surface area contributed by atoms with E-state index in [4.69, 9.17) is 0 Å². The molecule has 1 aromatic rings. The smallest absolute Gasteiger partial charge is 0.0805 e. The first kappa shape index (κ1) is 16.6. The molecule has 19 heavy (non-hydrogen) atoms. The average Bonchev–Trinajstić information content (AvgIpc) is 2.41. The van der Waals surface area contributed by atoms with Crippen LogP contribution in [-0.4, -0.2) is 10.1 Å². The van der Waals surface area contributed by atoms with Crippen molar-refractivity contribution < 1.29 is 5.11 Å². The minimum Gasteiger partial charge on any atom is -0.388 e. The Hall–Kier alpha value is -0.410. The third-order valence-corrected chi connectivity index (χ3v) is 3.88. The third-order valence-electron chi connectivity index (χ3n) is 3.44. The Morgan fingerprint density at radius 2 is 1.68 bits per heavy atom. The van der Waals surface area contributed by atoms with Crippen molar-refractivity contribution in [1.82, 2.24) is 4.98 Å². The van der Waals surface area contributed by atoms with Crippen molar-refractivity contribution in [1.29, 1.82) is 0 Å². The van der Waals surface area contributed by atoms with Crippen molar-refractivity contribution in [2.24, 2.45) is 0 Å². The largest absolute Gasteiger partial charge is 0.388 e. The standard InChI is InChI=1S/C16H26BrNO/c1-2-3-4-5-6-7-8-9-10-16(19)14-11-15(17)13-18-12-14/h11-13,16,19H,2-10H2,1H3. The Morgan fingerprint density at radius 1 is 1.05 bits per heavy atom. The molecule has 108 valence electrons. The van der Waals surface area contributed by atoms with Gasteiger partial charge in [0, 0.05) is 16.9 Å². The lowest BCUT2D eigenvalue weighted by Crippen LogP contribution is -1.98. The van der Waals surface area contributed by atoms with Crippen LogP contribution in [0.2, 0.25) is 0 Å². The summed E-state index contributed by atoms with van der Waals surface area (Å²) in [4.78, 5) is 4.08. The van der Waals surface area contributed by atoms with Crippen molar-refractivity contribution in [3.05, 3.63) is 28.5 Å². The second-order valence-electron chi connectivity index (χ2n) is 5.22. The van der Waals surface area contributed by atoms with E-state index in [1.165, 1.54) is 44.9 Å². The summed E-state index contributed by atoms with van der Waals surface area (Å²) in [6.07, 6.45) is 14.4. The van der Waals surface area contributed by atoms with Crippen molar-refractivity contribution >= 4 is 15.9 Å². The van der Waals surface area contributed by atoms with E-state index in [2.05, 4.69) is 27.8 Å². The maximum Gasteiger partial charge on any atom is 0.0805 e. The minimum absolute atomic E-state index is 0.370. The van der Waals surface area contributed by atoms with Crippen molar-refractivity contribution in [3.63, 3.8) is 0 Å². The maximum absolute atomic E-state index is 10.1. The third kappa shape index (κ3) is 7.68. The van der Waals surface area contributed by atoms with Gasteiger partial charge in [-0.15, -0.1) is 0 Å². The Bertz CT molecular complexity index is 343. The number of rotatable bonds is 10. The van der Waals surface area contributed by atoms with Gasteiger partial charge in [-0.3, -0.25) is 4.98 Å². The van der Waals surface area contributed by atoms with E-state index < -0.39 is 0 Å². The van der Waals surface area contributed by atoms with Crippen LogP contribution in [0.4, 0.5) is 0 Å². The lowest BCUT2D eigenvalue weighted by molar-refractivity contribution is 0.163. The second kappa shape index (κ2) is 10.4. The van der Waals surface area contributed by atoms with E-state index in [1.807, 2.05) is 6.07 Å². The molecule has 0 aromatic carbocycles. The lowest BCUT2D eigenvalue weighted by Gasteiger charge is -2.10. The molecular weight excluding hydrogens is 302 g/mol. The van der Waals surface area contributed by atoms with Crippen molar-refractivity contribution in [3.8, 4) is 0 Å². The Labute approximate surface area is 125 Å². The highest BCUT2D eigenvalue weighted by molar-refractivity contribution is 9.10. The lowest BCUT2D eigenvalue weighted by atomic mass is 10.0. The van der Waals surface area contributed by atoms with E-state index >= 15 is 0 Å². The summed E-state index contributed by atoms with van der Waals surface area (Å²) in [6.45, 7) is 2.25. The van der Waals surface area contributed by atoms with E-state index in [9.17, 15) is 5.11 Å². The van der Waals surface area contributed by atoms with E-state index in [0.29, 0.717) is 0 Å². The summed E-state index contributed by atoms with van der Waals surface area (Å²) < 4.78 is 0.931. The zero-order valence-electron chi connectivity index (χ0n) is 11.9. The fourth-order valence-corrected chi connectivity index (χ4v) is 2.63. The first-order valence-corrected chi connectivity index (χ1v) is 8.32. The highest BCUT2D eigenvalue weighted by atomic mass is 79.9. The highest BCUT2D eigenvalue weighted by Gasteiger charge is 2.07. The molecule has 1 unspecified atom stereocenters. The molecule has 1 heterocycles. The van der Waals surface area contributed by atoms with Crippen LogP contribution in [0, 0.1) is 0 Å². The molecule has 1 rings (SSSR count). The minimum atomic E-state index is -0.370. The predicted octanol–water partition coefficient (Wildman–Crippen LogP) is 5.41. The molecule has 0 saturated heterocycles. The fraction of sp³-hybridized carbons (Fsp3) is 0.688. The van der Waals surface area contributed by atoms with Gasteiger partial charge >= 0.3 is 0 Å². The van der Waals surface area contributed by atoms with Crippen LogP contribution in [-0.2, 0) is 0 Å². The highest BCUT2D eigenvalue weighted by Crippen LogP contribution is 2.22. The topological polar surface area (TPSA) is 33.1 Å². The molecule has 0 amide bonds. The van der Waals surface area contributed by atoms with Gasteiger partial charge in [-0.05, 0) is 34.0 Å². The van der Waals surface area contributed by atoms with Gasteiger partial charge in [0.1, 0.15) is 0 Å². The van der Waals surface area contributed by atoms with Crippen LogP contribution >= 0.6 is 15.9 Å². The molecule has 0 aliphatic heterocycles. The number of hydrogen-bond acceptors (Lipinski definition) is 2. The van der Waals surface area contributed by atoms with Crippen LogP contribution < -0.4 is 0 Å². The number of nitrogens with zero attached hydrogens (tertiary/aromatic N) is 1. The van der Waals surface area contributed by atoms with E-state index in [-0.39, 0.29) is 6.10 Å². The SMILES string of the molecule is CCCCCCCCCCC(O)c1cncc(Br)c1. The Kier molecular flexibility index (Phi) is 9.10. The summed E-state index contributed by atoms with van der Waals surface area (Å²) in [5, 5.41) is 10.1. The van der Waals surface area contributed by atoms with Crippen LogP contribution in [0.25, 0.3) is 0 Å². The van der Waals surface area contributed by atoms with Gasteiger partial charge in [0.2, 0.25) is 0 Å². The molecule has 1 atom stereocenters. The molecular formula is C16H26BrNO. The summed E-state index contributed by atoms with van der Waals surface area (Å²) in [6, 6.07) is 1.95. The summed E-state index contributed by atoms with van der Waals surface area (Å²) >= 11 is 3.38. The molecule has 1 N–H and O–H groups in total. The molecule has 0 aliphatic carbocycles. The van der Waals surface area contributed by atoms with Crippen molar-refractivity contribution in [2.45, 2.75) is 70.8 Å². The normalized spacial score (nSPS) is 12.6. The van der Waals surface area contributed by atoms with Gasteiger partial charge in [0.15, 0.2) is 0 Å². The summed E-state index contributed by atoms with van der Waals surface area (Å²) in [5.74, 6) is 0. The molecule has 3 heteroatoms. The zero-order chi connectivity index (χ0) is 13.9. The number of unbranched alkanes of at least 4 members (excludes halogenated alkanes) is 7. The van der Waals surface area contributed by atoms with Gasteiger partial charge in [-0.2, -0.15) is 0 Å². The molecule has 0 radical (unpaired) electrons. The average molecular weight is 328 g/mol. The second-order valence-corrected chi connectivity index (χ2v) is 6.13. The Morgan fingerprint density at radius 3 is 2.32 bits per heavy atom. The number of pyridine rings is 1. The summed E-state index contributed by atoms with van der Waals surface area (Å²) in [5.41, 5.74) is 0.914. The molecule has 0 aliphatic rings. The van der Waals surface area contributed by atoms with Crippen LogP contribution in [0.5, 0.6) is 0 Å².